The molecule has 0 saturated carbocycles. The Morgan fingerprint density at radius 2 is 2.11 bits per heavy atom. The van der Waals surface area contributed by atoms with Gasteiger partial charge in [0, 0.05) is 29.7 Å². The number of likely N-dealkylation sites (tertiary alicyclic amines) is 1. The third kappa shape index (κ3) is 4.24. The van der Waals surface area contributed by atoms with Gasteiger partial charge in [0.1, 0.15) is 5.01 Å². The SMILES string of the molecule is O=C(Nc1cccc(Cl)c1)c1nnc(C2CCCN(C(=O)c3cccs3)C2)s1. The largest absolute Gasteiger partial charge is 0.337 e. The number of amides is 2. The highest BCUT2D eigenvalue weighted by atomic mass is 35.5. The number of hydrogen-bond acceptors (Lipinski definition) is 6. The third-order valence-corrected chi connectivity index (χ3v) is 6.68. The Labute approximate surface area is 175 Å². The summed E-state index contributed by atoms with van der Waals surface area (Å²) in [4.78, 5) is 27.7. The van der Waals surface area contributed by atoms with Crippen LogP contribution in [0.1, 0.15) is 43.2 Å². The van der Waals surface area contributed by atoms with E-state index in [1.807, 2.05) is 22.4 Å². The molecule has 0 bridgehead atoms. The summed E-state index contributed by atoms with van der Waals surface area (Å²) in [6, 6.07) is 10.7. The summed E-state index contributed by atoms with van der Waals surface area (Å²) in [7, 11) is 0. The van der Waals surface area contributed by atoms with E-state index in [4.69, 9.17) is 11.6 Å². The molecule has 1 aliphatic rings. The van der Waals surface area contributed by atoms with Gasteiger partial charge < -0.3 is 10.2 Å². The number of aromatic nitrogens is 2. The number of carbonyl (C=O) groups is 2. The van der Waals surface area contributed by atoms with Gasteiger partial charge in [-0.25, -0.2) is 0 Å². The fourth-order valence-electron chi connectivity index (χ4n) is 3.16. The molecular weight excluding hydrogens is 416 g/mol. The second-order valence-electron chi connectivity index (χ2n) is 6.48. The van der Waals surface area contributed by atoms with Gasteiger partial charge in [-0.05, 0) is 42.5 Å². The lowest BCUT2D eigenvalue weighted by Gasteiger charge is -2.31. The first-order chi connectivity index (χ1) is 13.6. The van der Waals surface area contributed by atoms with Crippen molar-refractivity contribution in [2.75, 3.05) is 18.4 Å². The van der Waals surface area contributed by atoms with E-state index in [1.165, 1.54) is 22.7 Å². The van der Waals surface area contributed by atoms with Crippen molar-refractivity contribution in [2.24, 2.45) is 0 Å². The molecule has 1 unspecified atom stereocenters. The fourth-order valence-corrected chi connectivity index (χ4v) is 4.91. The Morgan fingerprint density at radius 1 is 1.21 bits per heavy atom. The van der Waals surface area contributed by atoms with E-state index in [0.29, 0.717) is 22.3 Å². The van der Waals surface area contributed by atoms with E-state index in [0.717, 1.165) is 29.3 Å². The smallest absolute Gasteiger partial charge is 0.286 e. The average Bonchev–Trinajstić information content (AvgIpc) is 3.40. The Bertz CT molecular complexity index is 990. The van der Waals surface area contributed by atoms with E-state index in [2.05, 4.69) is 15.5 Å². The number of halogens is 1. The quantitative estimate of drug-likeness (QED) is 0.657. The molecule has 1 aromatic carbocycles. The number of thiophene rings is 1. The predicted molar refractivity (Wildman–Crippen MR) is 112 cm³/mol. The van der Waals surface area contributed by atoms with Crippen LogP contribution in [-0.4, -0.2) is 40.0 Å². The molecular formula is C19H17ClN4O2S2. The van der Waals surface area contributed by atoms with Gasteiger partial charge >= 0.3 is 0 Å². The highest BCUT2D eigenvalue weighted by Gasteiger charge is 2.28. The standard InChI is InChI=1S/C19H17ClN4O2S2/c20-13-5-1-6-14(10-13)21-16(25)18-23-22-17(28-18)12-4-2-8-24(11-12)19(26)15-7-3-9-27-15/h1,3,5-7,9-10,12H,2,4,8,11H2,(H,21,25). The van der Waals surface area contributed by atoms with Crippen molar-refractivity contribution in [3.05, 3.63) is 61.7 Å². The molecule has 1 atom stereocenters. The number of carbonyl (C=O) groups excluding carboxylic acids is 2. The predicted octanol–water partition coefficient (Wildman–Crippen LogP) is 4.53. The molecule has 4 rings (SSSR count). The van der Waals surface area contributed by atoms with Crippen LogP contribution in [0, 0.1) is 0 Å². The molecule has 0 spiro atoms. The van der Waals surface area contributed by atoms with Crippen molar-refractivity contribution in [2.45, 2.75) is 18.8 Å². The molecule has 3 heterocycles. The first-order valence-corrected chi connectivity index (χ1v) is 10.9. The minimum Gasteiger partial charge on any atom is -0.337 e. The number of anilines is 1. The Morgan fingerprint density at radius 3 is 2.89 bits per heavy atom. The minimum atomic E-state index is -0.312. The zero-order valence-electron chi connectivity index (χ0n) is 14.8. The molecule has 9 heteroatoms. The van der Waals surface area contributed by atoms with Gasteiger partial charge in [0.2, 0.25) is 5.01 Å². The van der Waals surface area contributed by atoms with E-state index in [-0.39, 0.29) is 17.7 Å². The van der Waals surface area contributed by atoms with Gasteiger partial charge in [0.05, 0.1) is 4.88 Å². The summed E-state index contributed by atoms with van der Waals surface area (Å²) in [5.41, 5.74) is 0.611. The van der Waals surface area contributed by atoms with Crippen molar-refractivity contribution in [1.29, 1.82) is 0 Å². The van der Waals surface area contributed by atoms with Crippen molar-refractivity contribution in [1.82, 2.24) is 15.1 Å². The van der Waals surface area contributed by atoms with Gasteiger partial charge in [-0.2, -0.15) is 0 Å². The molecule has 144 valence electrons. The summed E-state index contributed by atoms with van der Waals surface area (Å²) in [5, 5.41) is 14.6. The molecule has 1 aliphatic heterocycles. The van der Waals surface area contributed by atoms with Crippen LogP contribution < -0.4 is 5.32 Å². The normalized spacial score (nSPS) is 16.8. The maximum atomic E-state index is 12.6. The molecule has 2 aromatic heterocycles. The summed E-state index contributed by atoms with van der Waals surface area (Å²) < 4.78 is 0. The highest BCUT2D eigenvalue weighted by molar-refractivity contribution is 7.13. The molecule has 3 aromatic rings. The first kappa shape index (κ1) is 19.0. The van der Waals surface area contributed by atoms with E-state index in [9.17, 15) is 9.59 Å². The maximum absolute atomic E-state index is 12.6. The van der Waals surface area contributed by atoms with E-state index < -0.39 is 0 Å². The number of benzene rings is 1. The first-order valence-electron chi connectivity index (χ1n) is 8.83. The lowest BCUT2D eigenvalue weighted by atomic mass is 9.98. The van der Waals surface area contributed by atoms with Crippen LogP contribution in [0.5, 0.6) is 0 Å². The van der Waals surface area contributed by atoms with Crippen molar-refractivity contribution < 1.29 is 9.59 Å². The number of rotatable bonds is 4. The molecule has 28 heavy (non-hydrogen) atoms. The molecule has 0 aliphatic carbocycles. The van der Waals surface area contributed by atoms with Crippen LogP contribution in [0.4, 0.5) is 5.69 Å². The van der Waals surface area contributed by atoms with E-state index >= 15 is 0 Å². The van der Waals surface area contributed by atoms with Crippen LogP contribution in [0.15, 0.2) is 41.8 Å². The van der Waals surface area contributed by atoms with E-state index in [1.54, 1.807) is 24.3 Å². The third-order valence-electron chi connectivity index (χ3n) is 4.51. The molecule has 1 N–H and O–H groups in total. The van der Waals surface area contributed by atoms with Crippen molar-refractivity contribution in [3.8, 4) is 0 Å². The highest BCUT2D eigenvalue weighted by Crippen LogP contribution is 2.30. The Kier molecular flexibility index (Phi) is 5.70. The van der Waals surface area contributed by atoms with Crippen LogP contribution in [0.3, 0.4) is 0 Å². The summed E-state index contributed by atoms with van der Waals surface area (Å²) >= 11 is 8.68. The zero-order valence-corrected chi connectivity index (χ0v) is 17.2. The fraction of sp³-hybridized carbons (Fsp3) is 0.263. The summed E-state index contributed by atoms with van der Waals surface area (Å²) in [5.74, 6) is -0.153. The van der Waals surface area contributed by atoms with Crippen LogP contribution >= 0.6 is 34.3 Å². The zero-order chi connectivity index (χ0) is 19.5. The molecule has 0 radical (unpaired) electrons. The van der Waals surface area contributed by atoms with Crippen molar-refractivity contribution in [3.63, 3.8) is 0 Å². The second-order valence-corrected chi connectivity index (χ2v) is 8.87. The monoisotopic (exact) mass is 432 g/mol. The summed E-state index contributed by atoms with van der Waals surface area (Å²) in [6.45, 7) is 1.34. The second kappa shape index (κ2) is 8.38. The van der Waals surface area contributed by atoms with Gasteiger partial charge in [0.25, 0.3) is 11.8 Å². The Hall–Kier alpha value is -2.29. The van der Waals surface area contributed by atoms with Gasteiger partial charge in [0.15, 0.2) is 0 Å². The lowest BCUT2D eigenvalue weighted by Crippen LogP contribution is -2.38. The van der Waals surface area contributed by atoms with Gasteiger partial charge in [-0.3, -0.25) is 9.59 Å². The average molecular weight is 433 g/mol. The number of hydrogen-bond donors (Lipinski definition) is 1. The van der Waals surface area contributed by atoms with Crippen LogP contribution in [0.2, 0.25) is 5.02 Å². The van der Waals surface area contributed by atoms with Crippen LogP contribution in [-0.2, 0) is 0 Å². The molecule has 1 saturated heterocycles. The number of piperidine rings is 1. The number of nitrogens with zero attached hydrogens (tertiary/aromatic N) is 3. The topological polar surface area (TPSA) is 75.2 Å². The molecule has 6 nitrogen and oxygen atoms in total. The summed E-state index contributed by atoms with van der Waals surface area (Å²) in [6.07, 6.45) is 1.84. The lowest BCUT2D eigenvalue weighted by molar-refractivity contribution is 0.0711. The Balaban J connectivity index is 1.43. The van der Waals surface area contributed by atoms with Gasteiger partial charge in [-0.1, -0.05) is 35.1 Å². The number of nitrogens with one attached hydrogen (secondary N) is 1. The molecule has 1 fully saturated rings. The van der Waals surface area contributed by atoms with Crippen LogP contribution in [0.25, 0.3) is 0 Å². The maximum Gasteiger partial charge on any atom is 0.286 e. The van der Waals surface area contributed by atoms with Crippen molar-refractivity contribution >= 4 is 51.8 Å². The minimum absolute atomic E-state index is 0.0585. The molecule has 2 amide bonds. The van der Waals surface area contributed by atoms with Gasteiger partial charge in [-0.15, -0.1) is 21.5 Å².